The van der Waals surface area contributed by atoms with Gasteiger partial charge in [-0.25, -0.2) is 0 Å². The predicted molar refractivity (Wildman–Crippen MR) is 671 cm³/mol. The van der Waals surface area contributed by atoms with Crippen LogP contribution in [0.5, 0.6) is 0 Å². The standard InChI is InChI=1S/C120H213ClSi13/c1-28-69-122(70-29-2,71-30-3)97-56-109-132(110-57-98-123(72-31-4,73-32-5)74-33-6,111-58-99-124(75-34-7,76-35-8)77-36-9)118-65-106-131(96-55-68-121,107-66-119-133(112-59-100-125(78-37-10,79-38-11)80-39-12,113-60-101-126(81-40-13,82-41-14)83-42-15)114-61-102-127(84-43-16,85-44-17)86-45-18)108-67-120-134(115-62-103-128(87-46-19,88-47-20)89-48-21,116-63-104-129(90-49-22,91-50-23)92-51-24)117-64-105-130(93-52-25,94-53-26)95-54-27/h28-54H,1-27,55-120H2. The molecule has 0 aromatic heterocycles. The fourth-order valence-corrected chi connectivity index (χ4v) is 87.1. The van der Waals surface area contributed by atoms with Crippen LogP contribution < -0.4 is 0 Å². The largest absolute Gasteiger partial charge is 0.127 e. The van der Waals surface area contributed by atoms with E-state index in [-0.39, 0.29) is 0 Å². The molecule has 0 aliphatic carbocycles. The first kappa shape index (κ1) is 130. The van der Waals surface area contributed by atoms with E-state index in [0.717, 1.165) is 175 Å². The van der Waals surface area contributed by atoms with Gasteiger partial charge in [0.15, 0.2) is 0 Å². The van der Waals surface area contributed by atoms with Gasteiger partial charge in [0.1, 0.15) is 0 Å². The minimum absolute atomic E-state index is 0.737. The Morgan fingerprint density at radius 2 is 0.157 bits per heavy atom. The zero-order chi connectivity index (χ0) is 100. The molecule has 134 heavy (non-hydrogen) atoms. The topological polar surface area (TPSA) is 0 Å². The highest BCUT2D eigenvalue weighted by molar-refractivity contribution is 6.88. The van der Waals surface area contributed by atoms with Gasteiger partial charge < -0.3 is 0 Å². The zero-order valence-electron chi connectivity index (χ0n) is 88.2. The minimum Gasteiger partial charge on any atom is -0.127 e. The molecule has 0 N–H and O–H groups in total. The van der Waals surface area contributed by atoms with Gasteiger partial charge in [-0.2, -0.15) is 0 Å². The Labute approximate surface area is 854 Å². The van der Waals surface area contributed by atoms with E-state index in [9.17, 15) is 0 Å². The lowest BCUT2D eigenvalue weighted by Gasteiger charge is -2.41. The minimum atomic E-state index is -2.21. The van der Waals surface area contributed by atoms with Crippen molar-refractivity contribution in [1.82, 2.24) is 0 Å². The Morgan fingerprint density at radius 1 is 0.0970 bits per heavy atom. The maximum atomic E-state index is 7.48. The number of alkyl halides is 1. The summed E-state index contributed by atoms with van der Waals surface area (Å²) in [5.41, 5.74) is 0. The summed E-state index contributed by atoms with van der Waals surface area (Å²) in [5, 5.41) is 0. The van der Waals surface area contributed by atoms with Gasteiger partial charge in [0.2, 0.25) is 0 Å². The van der Waals surface area contributed by atoms with Crippen LogP contribution in [0.1, 0.15) is 83.5 Å². The molecular formula is C120H213ClSi13. The zero-order valence-corrected chi connectivity index (χ0v) is 102. The second-order valence-corrected chi connectivity index (χ2v) is 107. The van der Waals surface area contributed by atoms with Crippen LogP contribution >= 0.6 is 11.6 Å². The third kappa shape index (κ3) is 49.2. The van der Waals surface area contributed by atoms with Crippen molar-refractivity contribution in [3.63, 3.8) is 0 Å². The van der Waals surface area contributed by atoms with E-state index in [4.69, 9.17) is 11.6 Å². The summed E-state index contributed by atoms with van der Waals surface area (Å²) in [5.74, 6) is 0.737. The fraction of sp³-hybridized carbons (Fsp3) is 0.550. The fourth-order valence-electron chi connectivity index (χ4n) is 26.8. The Hall–Kier alpha value is -3.91. The summed E-state index contributed by atoms with van der Waals surface area (Å²) in [6.45, 7) is 121. The lowest BCUT2D eigenvalue weighted by Crippen LogP contribution is -2.41. The molecule has 0 spiro atoms. The quantitative estimate of drug-likeness (QED) is 0.0323. The molecular weight excluding hydrogens is 1840 g/mol. The van der Waals surface area contributed by atoms with Gasteiger partial charge in [-0.15, -0.1) is 189 Å². The molecule has 14 heteroatoms. The third-order valence-electron chi connectivity index (χ3n) is 33.4. The second kappa shape index (κ2) is 75.9. The first-order valence-electron chi connectivity index (χ1n) is 53.7. The number of halogens is 1. The van der Waals surface area contributed by atoms with E-state index in [1.54, 1.807) is 0 Å². The maximum absolute atomic E-state index is 7.48. The number of hydrogen-bond donors (Lipinski definition) is 0. The van der Waals surface area contributed by atoms with Crippen LogP contribution in [0.3, 0.4) is 0 Å². The van der Waals surface area contributed by atoms with Gasteiger partial charge in [0.05, 0.1) is 105 Å². The van der Waals surface area contributed by atoms with Crippen LogP contribution in [0.15, 0.2) is 342 Å². The van der Waals surface area contributed by atoms with Crippen molar-refractivity contribution >= 4 is 117 Å². The van der Waals surface area contributed by atoms with E-state index in [2.05, 4.69) is 342 Å². The van der Waals surface area contributed by atoms with Crippen molar-refractivity contribution in [3.05, 3.63) is 342 Å². The van der Waals surface area contributed by atoms with Gasteiger partial charge in [-0.3, -0.25) is 0 Å². The summed E-state index contributed by atoms with van der Waals surface area (Å²) < 4.78 is 0. The van der Waals surface area contributed by atoms with E-state index < -0.39 is 105 Å². The Balaban J connectivity index is 10.7. The van der Waals surface area contributed by atoms with E-state index in [0.29, 0.717) is 0 Å². The van der Waals surface area contributed by atoms with Gasteiger partial charge in [-0.05, 0) is 170 Å². The summed E-state index contributed by atoms with van der Waals surface area (Å²) >= 11 is 7.48. The second-order valence-electron chi connectivity index (χ2n) is 43.8. The Morgan fingerprint density at radius 3 is 0.216 bits per heavy atom. The van der Waals surface area contributed by atoms with Crippen LogP contribution in [0.2, 0.25) is 314 Å². The van der Waals surface area contributed by atoms with E-state index in [1.807, 2.05) is 0 Å². The number of allylic oxidation sites excluding steroid dienone is 27. The van der Waals surface area contributed by atoms with Crippen LogP contribution in [0, 0.1) is 0 Å². The molecule has 0 bridgehead atoms. The maximum Gasteiger partial charge on any atom is 0.0647 e. The molecule has 0 aromatic carbocycles. The first-order valence-corrected chi connectivity index (χ1v) is 91.0. The monoisotopic (exact) mass is 2050 g/mol. The molecule has 0 saturated carbocycles. The van der Waals surface area contributed by atoms with Crippen molar-refractivity contribution in [2.24, 2.45) is 0 Å². The predicted octanol–water partition coefficient (Wildman–Crippen LogP) is 43.2. The summed E-state index contributed by atoms with van der Waals surface area (Å²) in [7, 11) is -25.1. The van der Waals surface area contributed by atoms with Gasteiger partial charge in [-0.1, -0.05) is 392 Å². The molecule has 0 amide bonds. The van der Waals surface area contributed by atoms with Gasteiger partial charge in [0.25, 0.3) is 0 Å². The smallest absolute Gasteiger partial charge is 0.0647 e. The number of rotatable bonds is 105. The summed E-state index contributed by atoms with van der Waals surface area (Å²) in [6.07, 6.45) is 78.2. The lowest BCUT2D eigenvalue weighted by atomic mass is 10.5. The van der Waals surface area contributed by atoms with Crippen LogP contribution in [0.25, 0.3) is 0 Å². The molecule has 0 rings (SSSR count). The molecule has 0 aliphatic heterocycles. The lowest BCUT2D eigenvalue weighted by molar-refractivity contribution is 0.818. The molecule has 0 heterocycles. The molecule has 0 fully saturated rings. The molecule has 0 nitrogen and oxygen atoms in total. The third-order valence-corrected chi connectivity index (χ3v) is 100. The summed E-state index contributed by atoms with van der Waals surface area (Å²) in [4.78, 5) is 0. The van der Waals surface area contributed by atoms with Crippen molar-refractivity contribution < 1.29 is 0 Å². The molecule has 0 aliphatic rings. The molecule has 0 radical (unpaired) electrons. The average Bonchev–Trinajstić information content (AvgIpc) is 0.817. The molecule has 0 atom stereocenters. The highest BCUT2D eigenvalue weighted by Crippen LogP contribution is 2.49. The van der Waals surface area contributed by atoms with E-state index >= 15 is 0 Å². The van der Waals surface area contributed by atoms with Crippen molar-refractivity contribution in [1.29, 1.82) is 0 Å². The molecule has 752 valence electrons. The van der Waals surface area contributed by atoms with E-state index in [1.165, 1.54) is 228 Å². The highest BCUT2D eigenvalue weighted by Gasteiger charge is 2.45. The van der Waals surface area contributed by atoms with Gasteiger partial charge in [0, 0.05) is 5.88 Å². The van der Waals surface area contributed by atoms with Crippen molar-refractivity contribution in [3.8, 4) is 0 Å². The molecule has 0 unspecified atom stereocenters. The average molecular weight is 2060 g/mol. The van der Waals surface area contributed by atoms with Crippen LogP contribution in [0.4, 0.5) is 0 Å². The van der Waals surface area contributed by atoms with Gasteiger partial charge >= 0.3 is 0 Å². The Kier molecular flexibility index (Phi) is 73.6. The normalized spacial score (nSPS) is 12.6. The van der Waals surface area contributed by atoms with Crippen molar-refractivity contribution in [2.75, 3.05) is 5.88 Å². The molecule has 0 aromatic rings. The first-order chi connectivity index (χ1) is 64.7. The highest BCUT2D eigenvalue weighted by atomic mass is 35.5. The molecule has 0 saturated heterocycles. The SMILES string of the molecule is C=CC[Si](CC=C)(CC=C)CCC[Si](CCC[Si](CC=C)(CC=C)CC=C)(CCC[Si](CC=C)(CC=C)CC=C)CCC[Si](CCCCl)(CCC[Si](CCC[Si](CC=C)(CC=C)CC=C)(CCC[Si](CC=C)(CC=C)CC=C)CCC[Si](CC=C)(CC=C)CC=C)CCC[Si](CCC[Si](CC=C)(CC=C)CC=C)(CCC[Si](CC=C)(CC=C)CC=C)CCC[Si](CC=C)(CC=C)CC=C. The number of hydrogen-bond acceptors (Lipinski definition) is 0. The van der Waals surface area contributed by atoms with Crippen LogP contribution in [-0.4, -0.2) is 111 Å². The van der Waals surface area contributed by atoms with Crippen molar-refractivity contribution in [2.45, 2.75) is 398 Å². The Bertz CT molecular complexity index is 2600. The van der Waals surface area contributed by atoms with Crippen LogP contribution in [-0.2, 0) is 0 Å². The summed E-state index contributed by atoms with van der Waals surface area (Å²) in [6, 6.07) is 64.9.